The predicted molar refractivity (Wildman–Crippen MR) is 56.4 cm³/mol. The van der Waals surface area contributed by atoms with Gasteiger partial charge in [-0.3, -0.25) is 0 Å². The van der Waals surface area contributed by atoms with Gasteiger partial charge in [0.15, 0.2) is 0 Å². The molecule has 0 saturated heterocycles. The Morgan fingerprint density at radius 1 is 1.24 bits per heavy atom. The molecule has 7 nitrogen and oxygen atoms in total. The van der Waals surface area contributed by atoms with Gasteiger partial charge in [0, 0.05) is 12.2 Å². The van der Waals surface area contributed by atoms with Gasteiger partial charge in [0.05, 0.1) is 13.2 Å². The van der Waals surface area contributed by atoms with Crippen LogP contribution < -0.4 is 0 Å². The molecule has 100 valence electrons. The third kappa shape index (κ3) is 3.48. The average molecular weight is 250 g/mol. The highest BCUT2D eigenvalue weighted by atomic mass is 16.8. The molecule has 17 heavy (non-hydrogen) atoms. The Morgan fingerprint density at radius 2 is 1.71 bits per heavy atom. The van der Waals surface area contributed by atoms with Crippen molar-refractivity contribution in [1.82, 2.24) is 0 Å². The number of aliphatic hydroxyl groups excluding tert-OH is 3. The monoisotopic (exact) mass is 250 g/mol. The van der Waals surface area contributed by atoms with E-state index in [1.165, 1.54) is 6.92 Å². The van der Waals surface area contributed by atoms with E-state index in [4.69, 9.17) is 15.3 Å². The lowest BCUT2D eigenvalue weighted by atomic mass is 9.83. The lowest BCUT2D eigenvalue weighted by molar-refractivity contribution is -0.387. The molecule has 0 rings (SSSR count). The first-order chi connectivity index (χ1) is 7.76. The van der Waals surface area contributed by atoms with E-state index in [-0.39, 0.29) is 12.0 Å². The normalized spacial score (nSPS) is 12.4. The Balaban J connectivity index is 5.07. The van der Waals surface area contributed by atoms with E-state index in [9.17, 15) is 15.0 Å². The van der Waals surface area contributed by atoms with Gasteiger partial charge < -0.3 is 30.3 Å². The van der Waals surface area contributed by atoms with E-state index in [1.807, 2.05) is 0 Å². The zero-order chi connectivity index (χ0) is 13.7. The molecule has 0 amide bonds. The van der Waals surface area contributed by atoms with Gasteiger partial charge in [-0.05, 0) is 13.3 Å². The van der Waals surface area contributed by atoms with Crippen molar-refractivity contribution < 1.29 is 35.1 Å². The summed E-state index contributed by atoms with van der Waals surface area (Å²) in [7, 11) is 0. The average Bonchev–Trinajstić information content (AvgIpc) is 2.24. The lowest BCUT2D eigenvalue weighted by Gasteiger charge is -2.39. The van der Waals surface area contributed by atoms with Crippen LogP contribution in [-0.4, -0.2) is 57.3 Å². The maximum absolute atomic E-state index is 11.2. The van der Waals surface area contributed by atoms with Gasteiger partial charge in [-0.2, -0.15) is 0 Å². The molecule has 0 heterocycles. The highest BCUT2D eigenvalue weighted by Crippen LogP contribution is 2.34. The Hall–Kier alpha value is -0.990. The first-order valence-electron chi connectivity index (χ1n) is 4.92. The van der Waals surface area contributed by atoms with Gasteiger partial charge in [0.2, 0.25) is 0 Å². The highest BCUT2D eigenvalue weighted by Gasteiger charge is 2.52. The van der Waals surface area contributed by atoms with E-state index >= 15 is 0 Å². The minimum absolute atomic E-state index is 0.0775. The summed E-state index contributed by atoms with van der Waals surface area (Å²) in [4.78, 5) is 11.2. The summed E-state index contributed by atoms with van der Waals surface area (Å²) < 4.78 is 4.34. The Bertz CT molecular complexity index is 280. The summed E-state index contributed by atoms with van der Waals surface area (Å²) in [6.07, 6.45) is -0.365. The molecular formula is C10H18O7. The number of hydrogen-bond acceptors (Lipinski definition) is 7. The van der Waals surface area contributed by atoms with E-state index in [0.717, 1.165) is 0 Å². The summed E-state index contributed by atoms with van der Waals surface area (Å²) in [6.45, 7) is 2.23. The second-order valence-corrected chi connectivity index (χ2v) is 3.85. The molecule has 0 bridgehead atoms. The van der Waals surface area contributed by atoms with Crippen LogP contribution in [0.15, 0.2) is 12.2 Å². The molecule has 0 saturated carbocycles. The molecule has 0 aromatic rings. The molecule has 0 atom stereocenters. The van der Waals surface area contributed by atoms with Crippen molar-refractivity contribution in [3.8, 4) is 0 Å². The fraction of sp³-hybridized carbons (Fsp3) is 0.700. The van der Waals surface area contributed by atoms with Crippen molar-refractivity contribution in [1.29, 1.82) is 0 Å². The number of esters is 1. The van der Waals surface area contributed by atoms with Crippen LogP contribution in [0.5, 0.6) is 0 Å². The smallest absolute Gasteiger partial charge is 0.337 e. The molecule has 0 spiro atoms. The van der Waals surface area contributed by atoms with Gasteiger partial charge in [0.1, 0.15) is 5.41 Å². The first kappa shape index (κ1) is 16.0. The number of aliphatic hydroxyl groups is 5. The zero-order valence-corrected chi connectivity index (χ0v) is 9.59. The largest absolute Gasteiger partial charge is 0.404 e. The zero-order valence-electron chi connectivity index (χ0n) is 9.59. The third-order valence-corrected chi connectivity index (χ3v) is 2.47. The number of ether oxygens (including phenoxy) is 1. The molecule has 0 aliphatic heterocycles. The van der Waals surface area contributed by atoms with Crippen LogP contribution in [0.2, 0.25) is 0 Å². The summed E-state index contributed by atoms with van der Waals surface area (Å²) in [5.41, 5.74) is -2.04. The van der Waals surface area contributed by atoms with E-state index in [1.54, 1.807) is 0 Å². The molecule has 0 aliphatic carbocycles. The van der Waals surface area contributed by atoms with Gasteiger partial charge in [0.25, 0.3) is 0 Å². The van der Waals surface area contributed by atoms with Crippen molar-refractivity contribution in [2.24, 2.45) is 5.41 Å². The van der Waals surface area contributed by atoms with Crippen LogP contribution in [0.1, 0.15) is 13.3 Å². The maximum Gasteiger partial charge on any atom is 0.337 e. The number of rotatable bonds is 7. The quantitative estimate of drug-likeness (QED) is 0.203. The van der Waals surface area contributed by atoms with Crippen molar-refractivity contribution in [3.05, 3.63) is 12.2 Å². The first-order valence-corrected chi connectivity index (χ1v) is 4.92. The maximum atomic E-state index is 11.2. The Labute approximate surface area is 98.6 Å². The number of carbonyl (C=O) groups excluding carboxylic acids is 1. The molecular weight excluding hydrogens is 232 g/mol. The third-order valence-electron chi connectivity index (χ3n) is 2.47. The molecule has 0 fully saturated rings. The second kappa shape index (κ2) is 6.08. The number of carbonyl (C=O) groups is 1. The van der Waals surface area contributed by atoms with E-state index in [2.05, 4.69) is 11.3 Å². The topological polar surface area (TPSA) is 127 Å². The second-order valence-electron chi connectivity index (χ2n) is 3.85. The number of hydrogen-bond donors (Lipinski definition) is 5. The molecule has 0 radical (unpaired) electrons. The standard InChI is InChI=1S/C10H18O7/c1-7(2)8(14)17-10(15,16)9(5-12,6-13)3-4-11/h11-13,15-16H,1,3-6H2,2H3. The van der Waals surface area contributed by atoms with Crippen LogP contribution in [0, 0.1) is 5.41 Å². The van der Waals surface area contributed by atoms with Crippen molar-refractivity contribution >= 4 is 5.97 Å². The summed E-state index contributed by atoms with van der Waals surface area (Å²) in [5.74, 6) is -4.19. The highest BCUT2D eigenvalue weighted by molar-refractivity contribution is 5.87. The van der Waals surface area contributed by atoms with E-state index in [0.29, 0.717) is 0 Å². The van der Waals surface area contributed by atoms with Gasteiger partial charge in [-0.1, -0.05) is 6.58 Å². The fourth-order valence-electron chi connectivity index (χ4n) is 1.12. The van der Waals surface area contributed by atoms with Gasteiger partial charge >= 0.3 is 11.9 Å². The predicted octanol–water partition coefficient (Wildman–Crippen LogP) is -1.90. The summed E-state index contributed by atoms with van der Waals surface area (Å²) in [6, 6.07) is 0. The summed E-state index contributed by atoms with van der Waals surface area (Å²) >= 11 is 0. The minimum atomic E-state index is -3.10. The van der Waals surface area contributed by atoms with Crippen LogP contribution in [0.25, 0.3) is 0 Å². The molecule has 7 heteroatoms. The molecule has 0 unspecified atom stereocenters. The molecule has 0 aromatic carbocycles. The fourth-order valence-corrected chi connectivity index (χ4v) is 1.12. The summed E-state index contributed by atoms with van der Waals surface area (Å²) in [5, 5.41) is 46.2. The van der Waals surface area contributed by atoms with Gasteiger partial charge in [-0.15, -0.1) is 0 Å². The van der Waals surface area contributed by atoms with Crippen molar-refractivity contribution in [3.63, 3.8) is 0 Å². The molecule has 0 aromatic heterocycles. The Kier molecular flexibility index (Phi) is 5.73. The van der Waals surface area contributed by atoms with Crippen molar-refractivity contribution in [2.75, 3.05) is 19.8 Å². The van der Waals surface area contributed by atoms with Crippen LogP contribution in [0.3, 0.4) is 0 Å². The SMILES string of the molecule is C=C(C)C(=O)OC(O)(O)C(CO)(CO)CCO. The minimum Gasteiger partial charge on any atom is -0.404 e. The van der Waals surface area contributed by atoms with E-state index < -0.39 is 37.2 Å². The van der Waals surface area contributed by atoms with Gasteiger partial charge in [-0.25, -0.2) is 4.79 Å². The molecule has 0 aliphatic rings. The molecule has 5 N–H and O–H groups in total. The lowest BCUT2D eigenvalue weighted by Crippen LogP contribution is -2.56. The van der Waals surface area contributed by atoms with Crippen LogP contribution >= 0.6 is 0 Å². The van der Waals surface area contributed by atoms with Crippen molar-refractivity contribution in [2.45, 2.75) is 19.3 Å². The Morgan fingerprint density at radius 3 is 2.00 bits per heavy atom. The van der Waals surface area contributed by atoms with Crippen LogP contribution in [0.4, 0.5) is 0 Å². The van der Waals surface area contributed by atoms with Crippen LogP contribution in [-0.2, 0) is 9.53 Å².